The molecule has 1 aromatic heterocycles. The molecule has 0 bridgehead atoms. The molecule has 2 aromatic carbocycles. The second-order valence-corrected chi connectivity index (χ2v) is 7.48. The quantitative estimate of drug-likeness (QED) is 0.582. The van der Waals surface area contributed by atoms with Crippen molar-refractivity contribution >= 4 is 16.7 Å². The average molecular weight is 394 g/mol. The van der Waals surface area contributed by atoms with Gasteiger partial charge in [-0.15, -0.1) is 0 Å². The van der Waals surface area contributed by atoms with Crippen LogP contribution in [0.15, 0.2) is 47.1 Å². The number of benzene rings is 2. The fourth-order valence-corrected chi connectivity index (χ4v) is 3.86. The van der Waals surface area contributed by atoms with E-state index >= 15 is 0 Å². The van der Waals surface area contributed by atoms with Crippen molar-refractivity contribution in [3.8, 4) is 11.5 Å². The minimum atomic E-state index is -0.0589. The fourth-order valence-electron chi connectivity index (χ4n) is 3.86. The minimum absolute atomic E-state index is 0.0589. The molecule has 0 spiro atoms. The highest BCUT2D eigenvalue weighted by Crippen LogP contribution is 2.26. The maximum atomic E-state index is 12.6. The molecule has 0 N–H and O–H groups in total. The molecule has 6 heteroatoms. The zero-order valence-electron chi connectivity index (χ0n) is 16.9. The maximum Gasteiger partial charge on any atom is 0.275 e. The highest BCUT2D eigenvalue weighted by Gasteiger charge is 2.28. The average Bonchev–Trinajstić information content (AvgIpc) is 3.41. The summed E-state index contributed by atoms with van der Waals surface area (Å²) in [5.41, 5.74) is 0.351. The first-order valence-corrected chi connectivity index (χ1v) is 10.1. The van der Waals surface area contributed by atoms with E-state index < -0.39 is 0 Å². The molecule has 0 unspecified atom stereocenters. The van der Waals surface area contributed by atoms with Gasteiger partial charge in [0, 0.05) is 13.1 Å². The Morgan fingerprint density at radius 3 is 2.79 bits per heavy atom. The van der Waals surface area contributed by atoms with Crippen LogP contribution in [0.2, 0.25) is 0 Å². The van der Waals surface area contributed by atoms with Gasteiger partial charge in [-0.25, -0.2) is 4.98 Å². The molecule has 0 radical (unpaired) electrons. The summed E-state index contributed by atoms with van der Waals surface area (Å²) in [6.07, 6.45) is 4.82. The number of hydrogen-bond acceptors (Lipinski definition) is 5. The smallest absolute Gasteiger partial charge is 0.275 e. The molecule has 0 saturated carbocycles. The normalized spacial score (nSPS) is 16.3. The number of aromatic nitrogens is 1. The van der Waals surface area contributed by atoms with Crippen molar-refractivity contribution in [3.63, 3.8) is 0 Å². The van der Waals surface area contributed by atoms with Crippen LogP contribution >= 0.6 is 0 Å². The van der Waals surface area contributed by atoms with E-state index in [0.29, 0.717) is 23.3 Å². The van der Waals surface area contributed by atoms with Crippen molar-refractivity contribution in [3.05, 3.63) is 54.2 Å². The van der Waals surface area contributed by atoms with E-state index in [4.69, 9.17) is 13.9 Å². The third-order valence-corrected chi connectivity index (χ3v) is 5.42. The molecule has 6 nitrogen and oxygen atoms in total. The number of oxazole rings is 1. The van der Waals surface area contributed by atoms with Gasteiger partial charge in [0.2, 0.25) is 5.89 Å². The van der Waals surface area contributed by atoms with Crippen molar-refractivity contribution in [2.45, 2.75) is 32.8 Å². The lowest BCUT2D eigenvalue weighted by Crippen LogP contribution is -2.29. The lowest BCUT2D eigenvalue weighted by atomic mass is 10.0. The van der Waals surface area contributed by atoms with E-state index in [1.165, 1.54) is 12.7 Å². The zero-order valence-corrected chi connectivity index (χ0v) is 16.9. The van der Waals surface area contributed by atoms with E-state index in [2.05, 4.69) is 11.9 Å². The Kier molecular flexibility index (Phi) is 5.69. The van der Waals surface area contributed by atoms with Gasteiger partial charge in [-0.2, -0.15) is 0 Å². The lowest BCUT2D eigenvalue weighted by molar-refractivity contribution is 0.0780. The van der Waals surface area contributed by atoms with Crippen LogP contribution in [0.5, 0.6) is 11.5 Å². The highest BCUT2D eigenvalue weighted by atomic mass is 16.5. The summed E-state index contributed by atoms with van der Waals surface area (Å²) < 4.78 is 16.6. The third kappa shape index (κ3) is 4.36. The number of amides is 1. The second kappa shape index (κ2) is 8.55. The monoisotopic (exact) mass is 394 g/mol. The van der Waals surface area contributed by atoms with E-state index in [1.54, 1.807) is 7.11 Å². The molecule has 3 aromatic rings. The van der Waals surface area contributed by atoms with Gasteiger partial charge in [0.1, 0.15) is 17.8 Å². The van der Waals surface area contributed by atoms with Crippen LogP contribution in [0.3, 0.4) is 0 Å². The summed E-state index contributed by atoms with van der Waals surface area (Å²) in [7, 11) is 1.65. The topological polar surface area (TPSA) is 64.8 Å². The van der Waals surface area contributed by atoms with Gasteiger partial charge in [0.05, 0.1) is 7.11 Å². The largest absolute Gasteiger partial charge is 0.497 e. The van der Waals surface area contributed by atoms with Crippen LogP contribution in [0.4, 0.5) is 0 Å². The highest BCUT2D eigenvalue weighted by molar-refractivity contribution is 5.92. The van der Waals surface area contributed by atoms with Crippen molar-refractivity contribution in [2.24, 2.45) is 5.92 Å². The summed E-state index contributed by atoms with van der Waals surface area (Å²) in [6, 6.07) is 11.7. The van der Waals surface area contributed by atoms with Gasteiger partial charge >= 0.3 is 0 Å². The minimum Gasteiger partial charge on any atom is -0.497 e. The van der Waals surface area contributed by atoms with E-state index in [0.717, 1.165) is 42.5 Å². The van der Waals surface area contributed by atoms with E-state index in [1.807, 2.05) is 41.3 Å². The van der Waals surface area contributed by atoms with E-state index in [9.17, 15) is 4.79 Å². The van der Waals surface area contributed by atoms with Crippen molar-refractivity contribution in [1.82, 2.24) is 9.88 Å². The molecule has 1 amide bonds. The summed E-state index contributed by atoms with van der Waals surface area (Å²) in [5.74, 6) is 2.44. The molecule has 29 heavy (non-hydrogen) atoms. The molecule has 152 valence electrons. The van der Waals surface area contributed by atoms with Crippen LogP contribution < -0.4 is 9.47 Å². The number of rotatable bonds is 7. The molecule has 2 heterocycles. The molecule has 4 rings (SSSR count). The number of carbonyl (C=O) groups excluding carboxylic acids is 1. The van der Waals surface area contributed by atoms with Gasteiger partial charge in [0.25, 0.3) is 5.91 Å². The van der Waals surface area contributed by atoms with Crippen molar-refractivity contribution in [2.75, 3.05) is 20.2 Å². The Labute approximate surface area is 170 Å². The Hall–Kier alpha value is -3.02. The van der Waals surface area contributed by atoms with Crippen LogP contribution in [0, 0.1) is 5.92 Å². The predicted octanol–water partition coefficient (Wildman–Crippen LogP) is 4.68. The van der Waals surface area contributed by atoms with Crippen LogP contribution in [0.1, 0.15) is 42.6 Å². The van der Waals surface area contributed by atoms with Gasteiger partial charge in [0.15, 0.2) is 12.3 Å². The van der Waals surface area contributed by atoms with Crippen molar-refractivity contribution < 1.29 is 18.7 Å². The number of fused-ring (bicyclic) bond motifs is 1. The molecule has 0 aliphatic carbocycles. The maximum absolute atomic E-state index is 12.6. The Bertz CT molecular complexity index is 997. The number of carbonyl (C=O) groups is 1. The summed E-state index contributed by atoms with van der Waals surface area (Å²) in [5, 5.41) is 2.13. The molecule has 1 fully saturated rings. The SMILES string of the molecule is CCC[C@H]1CCN(C(=O)c2coc(COc3ccc4ccc(OC)cc4c3)n2)C1. The van der Waals surface area contributed by atoms with Gasteiger partial charge in [-0.1, -0.05) is 25.5 Å². The Morgan fingerprint density at radius 2 is 2.00 bits per heavy atom. The van der Waals surface area contributed by atoms with Gasteiger partial charge in [-0.05, 0) is 53.8 Å². The molecular formula is C23H26N2O4. The number of hydrogen-bond donors (Lipinski definition) is 0. The summed E-state index contributed by atoms with van der Waals surface area (Å²) >= 11 is 0. The zero-order chi connectivity index (χ0) is 20.2. The van der Waals surface area contributed by atoms with Gasteiger partial charge < -0.3 is 18.8 Å². The summed E-state index contributed by atoms with van der Waals surface area (Å²) in [6.45, 7) is 3.95. The molecular weight excluding hydrogens is 368 g/mol. The fraction of sp³-hybridized carbons (Fsp3) is 0.391. The number of likely N-dealkylation sites (tertiary alicyclic amines) is 1. The Morgan fingerprint density at radius 1 is 1.21 bits per heavy atom. The third-order valence-electron chi connectivity index (χ3n) is 5.42. The Balaban J connectivity index is 1.38. The van der Waals surface area contributed by atoms with Crippen LogP contribution in [-0.2, 0) is 6.61 Å². The first-order chi connectivity index (χ1) is 14.2. The molecule has 1 aliphatic rings. The standard InChI is InChI=1S/C23H26N2O4/c1-3-4-16-9-10-25(13-16)23(26)21-14-29-22(24-21)15-28-20-8-6-17-5-7-19(27-2)11-18(17)12-20/h5-8,11-12,14,16H,3-4,9-10,13,15H2,1-2H3/t16-/m0/s1. The summed E-state index contributed by atoms with van der Waals surface area (Å²) in [4.78, 5) is 18.8. The van der Waals surface area contributed by atoms with Crippen LogP contribution in [0.25, 0.3) is 10.8 Å². The first-order valence-electron chi connectivity index (χ1n) is 10.1. The molecule has 1 atom stereocenters. The van der Waals surface area contributed by atoms with Gasteiger partial charge in [-0.3, -0.25) is 4.79 Å². The lowest BCUT2D eigenvalue weighted by Gasteiger charge is -2.14. The predicted molar refractivity (Wildman–Crippen MR) is 110 cm³/mol. The van der Waals surface area contributed by atoms with E-state index in [-0.39, 0.29) is 12.5 Å². The second-order valence-electron chi connectivity index (χ2n) is 7.48. The number of nitrogens with zero attached hydrogens (tertiary/aromatic N) is 2. The van der Waals surface area contributed by atoms with Crippen LogP contribution in [-0.4, -0.2) is 36.0 Å². The molecule has 1 aliphatic heterocycles. The van der Waals surface area contributed by atoms with Crippen molar-refractivity contribution in [1.29, 1.82) is 0 Å². The first kappa shape index (κ1) is 19.3. The molecule has 1 saturated heterocycles. The number of methoxy groups -OCH3 is 1. The number of ether oxygens (including phenoxy) is 2.